The molecule has 0 radical (unpaired) electrons. The number of hydrogen-bond donors (Lipinski definition) is 2. The summed E-state index contributed by atoms with van der Waals surface area (Å²) in [6, 6.07) is 4.67. The molecule has 55 heavy (non-hydrogen) atoms. The second-order valence-electron chi connectivity index (χ2n) is 14.1. The molecular weight excluding hydrogens is 756 g/mol. The lowest BCUT2D eigenvalue weighted by Crippen LogP contribution is -2.31. The third kappa shape index (κ3) is 5.79. The van der Waals surface area contributed by atoms with Crippen LogP contribution in [0, 0.1) is 28.4 Å². The van der Waals surface area contributed by atoms with Crippen LogP contribution in [0.3, 0.4) is 0 Å². The maximum Gasteiger partial charge on any atom is 0.420 e. The van der Waals surface area contributed by atoms with E-state index < -0.39 is 63.3 Å². The Kier molecular flexibility index (Phi) is 8.64. The van der Waals surface area contributed by atoms with Crippen molar-refractivity contribution in [1.82, 2.24) is 24.8 Å². The Labute approximate surface area is 312 Å². The summed E-state index contributed by atoms with van der Waals surface area (Å²) in [5.41, 5.74) is 7.77. The molecule has 0 bridgehead atoms. The number of thiophene rings is 1. The van der Waals surface area contributed by atoms with E-state index in [0.717, 1.165) is 19.4 Å². The minimum Gasteiger partial charge on any atom is -0.490 e. The summed E-state index contributed by atoms with van der Waals surface area (Å²) in [4.78, 5) is 20.2. The van der Waals surface area contributed by atoms with Gasteiger partial charge in [0.1, 0.15) is 46.1 Å². The van der Waals surface area contributed by atoms with Crippen LogP contribution in [-0.2, 0) is 6.18 Å². The molecule has 4 aromatic heterocycles. The van der Waals surface area contributed by atoms with Crippen molar-refractivity contribution in [2.24, 2.45) is 5.41 Å². The lowest BCUT2D eigenvalue weighted by atomic mass is 9.95. The van der Waals surface area contributed by atoms with Crippen LogP contribution in [0.4, 0.5) is 47.4 Å². The van der Waals surface area contributed by atoms with Crippen molar-refractivity contribution < 1.29 is 40.2 Å². The smallest absolute Gasteiger partial charge is 0.420 e. The number of aromatic nitrogens is 4. The van der Waals surface area contributed by atoms with E-state index in [1.54, 1.807) is 30.0 Å². The fourth-order valence-corrected chi connectivity index (χ4v) is 9.20. The zero-order valence-electron chi connectivity index (χ0n) is 29.3. The summed E-state index contributed by atoms with van der Waals surface area (Å²) in [6.45, 7) is 3.19. The van der Waals surface area contributed by atoms with Crippen molar-refractivity contribution in [2.75, 3.05) is 49.7 Å². The predicted octanol–water partition coefficient (Wildman–Crippen LogP) is 7.48. The normalized spacial score (nSPS) is 21.8. The number of rotatable bonds is 4. The number of hydrogen-bond acceptors (Lipinski definition) is 12. The molecule has 2 saturated heterocycles. The van der Waals surface area contributed by atoms with E-state index in [-0.39, 0.29) is 63.3 Å². The van der Waals surface area contributed by atoms with Crippen LogP contribution in [0.1, 0.15) is 55.3 Å². The van der Waals surface area contributed by atoms with Crippen LogP contribution in [0.2, 0.25) is 0 Å². The zero-order valence-corrected chi connectivity index (χ0v) is 30.1. The topological polar surface area (TPSA) is 152 Å². The number of nitriles is 1. The quantitative estimate of drug-likeness (QED) is 0.174. The van der Waals surface area contributed by atoms with Gasteiger partial charge in [-0.15, -0.1) is 11.3 Å². The molecule has 7 heterocycles. The van der Waals surface area contributed by atoms with Gasteiger partial charge >= 0.3 is 12.2 Å². The average molecular weight is 788 g/mol. The van der Waals surface area contributed by atoms with E-state index in [0.29, 0.717) is 35.7 Å². The maximum absolute atomic E-state index is 16.7. The molecule has 1 spiro atoms. The van der Waals surface area contributed by atoms with Gasteiger partial charge in [0.15, 0.2) is 11.6 Å². The fraction of sp³-hybridized carbons (Fsp3) is 0.417. The lowest BCUT2D eigenvalue weighted by molar-refractivity contribution is -0.138. The van der Waals surface area contributed by atoms with Crippen LogP contribution >= 0.6 is 11.3 Å². The largest absolute Gasteiger partial charge is 0.490 e. The first kappa shape index (κ1) is 36.7. The molecule has 4 N–H and O–H groups in total. The van der Waals surface area contributed by atoms with E-state index >= 15 is 17.6 Å². The Bertz CT molecular complexity index is 2410. The van der Waals surface area contributed by atoms with Crippen molar-refractivity contribution in [3.63, 3.8) is 0 Å². The molecular formula is C36H32F7N9O2S. The van der Waals surface area contributed by atoms with Gasteiger partial charge in [-0.3, -0.25) is 9.88 Å². The molecule has 5 aromatic rings. The van der Waals surface area contributed by atoms with E-state index in [1.165, 1.54) is 19.7 Å². The van der Waals surface area contributed by atoms with Crippen LogP contribution in [0.5, 0.6) is 11.8 Å². The zero-order chi connectivity index (χ0) is 39.2. The molecule has 288 valence electrons. The van der Waals surface area contributed by atoms with Crippen molar-refractivity contribution in [2.45, 2.75) is 56.8 Å². The van der Waals surface area contributed by atoms with Crippen molar-refractivity contribution in [1.29, 1.82) is 5.26 Å². The van der Waals surface area contributed by atoms with Crippen molar-refractivity contribution in [3.8, 4) is 29.1 Å². The maximum atomic E-state index is 16.7. The van der Waals surface area contributed by atoms with Gasteiger partial charge in [-0.05, 0) is 38.8 Å². The van der Waals surface area contributed by atoms with Gasteiger partial charge in [-0.25, -0.2) is 22.5 Å². The molecule has 1 unspecified atom stereocenters. The number of pyridine rings is 2. The highest BCUT2D eigenvalue weighted by atomic mass is 32.1. The summed E-state index contributed by atoms with van der Waals surface area (Å²) >= 11 is 0.635. The lowest BCUT2D eigenvalue weighted by Gasteiger charge is -2.30. The summed E-state index contributed by atoms with van der Waals surface area (Å²) in [6.07, 6.45) is 0.203. The minimum absolute atomic E-state index is 0.00634. The molecule has 9 rings (SSSR count). The predicted molar refractivity (Wildman–Crippen MR) is 190 cm³/mol. The standard InChI is InChI=1S/C27H19F5N8O2S.C9H13F2N/c1-10(11-4-3-5-36-23(11)34)40-6-7-42-21-16-20(38-26(41-2)39-25(16)40)18(29)15(17(21)27(30,31)32)19-14-12(8-33)24(35)43-22(14)13(28)9-37-19;10-9(11)5-8(9)4-7-2-1-3-12(7)6-8/h3-5,9-10H,6-7,35H2,1-2H3,(H2,34,36);7H,1-6H2/t10-;7?,8-/m10/s1. The number of ether oxygens (including phenoxy) is 2. The Hall–Kier alpha value is -5.22. The van der Waals surface area contributed by atoms with Gasteiger partial charge in [-0.1, -0.05) is 6.07 Å². The van der Waals surface area contributed by atoms with E-state index in [9.17, 15) is 18.4 Å². The Morgan fingerprint density at radius 3 is 2.56 bits per heavy atom. The third-order valence-corrected chi connectivity index (χ3v) is 12.0. The van der Waals surface area contributed by atoms with E-state index in [4.69, 9.17) is 20.9 Å². The van der Waals surface area contributed by atoms with E-state index in [1.807, 2.05) is 0 Å². The minimum atomic E-state index is -5.22. The highest BCUT2D eigenvalue weighted by Gasteiger charge is 2.74. The highest BCUT2D eigenvalue weighted by Crippen LogP contribution is 2.67. The van der Waals surface area contributed by atoms with Gasteiger partial charge in [-0.2, -0.15) is 28.4 Å². The van der Waals surface area contributed by atoms with Gasteiger partial charge in [0, 0.05) is 36.2 Å². The van der Waals surface area contributed by atoms with Crippen LogP contribution in [-0.4, -0.2) is 70.2 Å². The van der Waals surface area contributed by atoms with Gasteiger partial charge < -0.3 is 25.8 Å². The number of nitrogens with zero attached hydrogens (tertiary/aromatic N) is 7. The van der Waals surface area contributed by atoms with Crippen LogP contribution in [0.25, 0.3) is 32.2 Å². The summed E-state index contributed by atoms with van der Waals surface area (Å²) in [5.74, 6) is -5.39. The molecule has 3 aliphatic heterocycles. The van der Waals surface area contributed by atoms with Gasteiger partial charge in [0.25, 0.3) is 5.92 Å². The number of nitrogen functional groups attached to an aromatic ring is 2. The Morgan fingerprint density at radius 2 is 1.91 bits per heavy atom. The summed E-state index contributed by atoms with van der Waals surface area (Å²) < 4.78 is 113. The number of anilines is 3. The second kappa shape index (κ2) is 12.9. The SMILES string of the molecule is COc1nc2c3c(c(C(F)(F)F)c(-c4ncc(F)c5sc(N)c(C#N)c45)c(F)c3n1)OCCN2[C@H](C)c1cccnc1N.FC1(F)C[C@]12CC1CCCN1C2. The number of alkyl halides is 5. The molecule has 3 fully saturated rings. The molecule has 11 nitrogen and oxygen atoms in total. The van der Waals surface area contributed by atoms with Crippen molar-refractivity contribution >= 4 is 49.0 Å². The van der Waals surface area contributed by atoms with Crippen molar-refractivity contribution in [3.05, 3.63) is 52.9 Å². The molecule has 1 saturated carbocycles. The first-order valence-corrected chi connectivity index (χ1v) is 18.1. The van der Waals surface area contributed by atoms with Gasteiger partial charge in [0.2, 0.25) is 0 Å². The highest BCUT2D eigenvalue weighted by molar-refractivity contribution is 7.23. The molecule has 1 aliphatic carbocycles. The number of fused-ring (bicyclic) bond motifs is 2. The number of benzene rings is 1. The molecule has 3 atom stereocenters. The third-order valence-electron chi connectivity index (χ3n) is 11.0. The number of halogens is 7. The molecule has 0 amide bonds. The molecule has 19 heteroatoms. The average Bonchev–Trinajstić information content (AvgIpc) is 3.45. The first-order chi connectivity index (χ1) is 26.1. The van der Waals surface area contributed by atoms with Crippen LogP contribution < -0.4 is 25.8 Å². The Morgan fingerprint density at radius 1 is 1.15 bits per heavy atom. The fourth-order valence-electron chi connectivity index (χ4n) is 8.28. The summed E-state index contributed by atoms with van der Waals surface area (Å²) in [5, 5.41) is 8.81. The monoisotopic (exact) mass is 787 g/mol. The number of methoxy groups -OCH3 is 1. The van der Waals surface area contributed by atoms with E-state index in [2.05, 4.69) is 24.8 Å². The van der Waals surface area contributed by atoms with Gasteiger partial charge in [0.05, 0.1) is 58.2 Å². The second-order valence-corrected chi connectivity index (χ2v) is 15.1. The number of nitrogens with two attached hydrogens (primary N) is 2. The Balaban J connectivity index is 0.000000298. The molecule has 4 aliphatic rings. The summed E-state index contributed by atoms with van der Waals surface area (Å²) in [7, 11) is 1.22. The molecule has 1 aromatic carbocycles. The first-order valence-electron chi connectivity index (χ1n) is 17.3. The van der Waals surface area contributed by atoms with Crippen LogP contribution in [0.15, 0.2) is 24.5 Å².